The summed E-state index contributed by atoms with van der Waals surface area (Å²) in [6.45, 7) is 3.35. The highest BCUT2D eigenvalue weighted by atomic mass is 79.9. The molecule has 0 bridgehead atoms. The molecule has 94 valence electrons. The maximum absolute atomic E-state index is 3.65. The van der Waals surface area contributed by atoms with Gasteiger partial charge in [0.25, 0.3) is 0 Å². The Balaban J connectivity index is 2.19. The van der Waals surface area contributed by atoms with E-state index in [1.165, 1.54) is 12.1 Å². The second kappa shape index (κ2) is 6.04. The van der Waals surface area contributed by atoms with Gasteiger partial charge in [0.2, 0.25) is 0 Å². The van der Waals surface area contributed by atoms with Crippen molar-refractivity contribution in [3.63, 3.8) is 0 Å². The Bertz CT molecular complexity index is 386. The van der Waals surface area contributed by atoms with Gasteiger partial charge in [0.05, 0.1) is 5.69 Å². The summed E-state index contributed by atoms with van der Waals surface area (Å²) in [6.07, 6.45) is 1.26. The fourth-order valence-electron chi connectivity index (χ4n) is 2.33. The molecule has 1 aromatic rings. The smallest absolute Gasteiger partial charge is 0.0655 e. The Morgan fingerprint density at radius 2 is 1.94 bits per heavy atom. The van der Waals surface area contributed by atoms with Crippen molar-refractivity contribution in [1.82, 2.24) is 5.32 Å². The van der Waals surface area contributed by atoms with E-state index in [2.05, 4.69) is 70.1 Å². The predicted octanol–water partition coefficient (Wildman–Crippen LogP) is 4.02. The first-order chi connectivity index (χ1) is 8.11. The van der Waals surface area contributed by atoms with E-state index < -0.39 is 0 Å². The van der Waals surface area contributed by atoms with Gasteiger partial charge in [-0.1, -0.05) is 15.9 Å². The van der Waals surface area contributed by atoms with Gasteiger partial charge in [-0.2, -0.15) is 0 Å². The lowest BCUT2D eigenvalue weighted by Crippen LogP contribution is -2.24. The van der Waals surface area contributed by atoms with Crippen LogP contribution in [0.15, 0.2) is 25.6 Å². The molecule has 2 nitrogen and oxygen atoms in total. The summed E-state index contributed by atoms with van der Waals surface area (Å²) in [5, 5.41) is 3.26. The molecule has 17 heavy (non-hydrogen) atoms. The highest BCUT2D eigenvalue weighted by molar-refractivity contribution is 9.11. The molecule has 1 aliphatic heterocycles. The van der Waals surface area contributed by atoms with Crippen LogP contribution in [-0.2, 0) is 0 Å². The highest BCUT2D eigenvalue weighted by Crippen LogP contribution is 2.39. The number of anilines is 1. The summed E-state index contributed by atoms with van der Waals surface area (Å²) in [5.41, 5.74) is 1.27. The van der Waals surface area contributed by atoms with Crippen LogP contribution in [-0.4, -0.2) is 26.7 Å². The number of hydrogen-bond acceptors (Lipinski definition) is 2. The summed E-state index contributed by atoms with van der Waals surface area (Å²) in [5.74, 6) is 0.752. The molecule has 1 heterocycles. The third-order valence-corrected chi connectivity index (χ3v) is 4.74. The standard InChI is InChI=1S/C12H15Br3N2/c1-16-6-8-2-3-17(7-8)12-10(14)4-9(13)5-11(12)15/h4-5,8,16H,2-3,6-7H2,1H3. The van der Waals surface area contributed by atoms with Gasteiger partial charge >= 0.3 is 0 Å². The zero-order chi connectivity index (χ0) is 12.4. The summed E-state index contributed by atoms with van der Waals surface area (Å²) >= 11 is 10.8. The van der Waals surface area contributed by atoms with Gasteiger partial charge in [0.15, 0.2) is 0 Å². The summed E-state index contributed by atoms with van der Waals surface area (Å²) < 4.78 is 3.37. The van der Waals surface area contributed by atoms with Crippen LogP contribution < -0.4 is 10.2 Å². The monoisotopic (exact) mass is 424 g/mol. The largest absolute Gasteiger partial charge is 0.369 e. The van der Waals surface area contributed by atoms with E-state index in [-0.39, 0.29) is 0 Å². The van der Waals surface area contributed by atoms with Crippen LogP contribution in [0.4, 0.5) is 5.69 Å². The highest BCUT2D eigenvalue weighted by Gasteiger charge is 2.25. The van der Waals surface area contributed by atoms with Crippen molar-refractivity contribution < 1.29 is 0 Å². The average molecular weight is 427 g/mol. The van der Waals surface area contributed by atoms with Crippen LogP contribution in [0.5, 0.6) is 0 Å². The molecule has 0 saturated carbocycles. The van der Waals surface area contributed by atoms with Gasteiger partial charge in [0, 0.05) is 26.5 Å². The average Bonchev–Trinajstić information content (AvgIpc) is 2.65. The zero-order valence-corrected chi connectivity index (χ0v) is 14.4. The fraction of sp³-hybridized carbons (Fsp3) is 0.500. The Hall–Kier alpha value is 0.420. The number of benzene rings is 1. The molecule has 0 aliphatic carbocycles. The molecule has 1 fully saturated rings. The number of nitrogens with one attached hydrogen (secondary N) is 1. The lowest BCUT2D eigenvalue weighted by molar-refractivity contribution is 0.549. The molecule has 1 aliphatic rings. The second-order valence-corrected chi connectivity index (χ2v) is 7.00. The Kier molecular flexibility index (Phi) is 4.92. The van der Waals surface area contributed by atoms with Crippen LogP contribution in [0, 0.1) is 5.92 Å². The third kappa shape index (κ3) is 3.25. The van der Waals surface area contributed by atoms with Crippen molar-refractivity contribution in [2.75, 3.05) is 31.6 Å². The van der Waals surface area contributed by atoms with E-state index in [4.69, 9.17) is 0 Å². The van der Waals surface area contributed by atoms with Crippen molar-refractivity contribution in [2.45, 2.75) is 6.42 Å². The lowest BCUT2D eigenvalue weighted by atomic mass is 10.1. The fourth-order valence-corrected chi connectivity index (χ4v) is 5.09. The van der Waals surface area contributed by atoms with Gasteiger partial charge < -0.3 is 10.2 Å². The molecule has 0 spiro atoms. The van der Waals surface area contributed by atoms with E-state index in [0.717, 1.165) is 39.0 Å². The first-order valence-electron chi connectivity index (χ1n) is 5.66. The Morgan fingerprint density at radius 3 is 2.53 bits per heavy atom. The number of rotatable bonds is 3. The van der Waals surface area contributed by atoms with E-state index in [1.54, 1.807) is 0 Å². The SMILES string of the molecule is CNCC1CCN(c2c(Br)cc(Br)cc2Br)C1. The van der Waals surface area contributed by atoms with Gasteiger partial charge in [-0.3, -0.25) is 0 Å². The van der Waals surface area contributed by atoms with Crippen LogP contribution in [0.25, 0.3) is 0 Å². The maximum atomic E-state index is 3.65. The molecular weight excluding hydrogens is 412 g/mol. The van der Waals surface area contributed by atoms with Crippen LogP contribution in [0.3, 0.4) is 0 Å². The Labute approximate surface area is 128 Å². The van der Waals surface area contributed by atoms with E-state index in [0.29, 0.717) is 0 Å². The third-order valence-electron chi connectivity index (χ3n) is 3.08. The molecular formula is C12H15Br3N2. The minimum absolute atomic E-state index is 0.752. The summed E-state index contributed by atoms with van der Waals surface area (Å²) in [6, 6.07) is 4.21. The minimum Gasteiger partial charge on any atom is -0.369 e. The molecule has 0 aromatic heterocycles. The first-order valence-corrected chi connectivity index (χ1v) is 8.04. The molecule has 5 heteroatoms. The molecule has 1 N–H and O–H groups in total. The minimum atomic E-state index is 0.752. The predicted molar refractivity (Wildman–Crippen MR) is 83.8 cm³/mol. The number of hydrogen-bond donors (Lipinski definition) is 1. The number of halogens is 3. The van der Waals surface area contributed by atoms with Crippen LogP contribution in [0.1, 0.15) is 6.42 Å². The topological polar surface area (TPSA) is 15.3 Å². The van der Waals surface area contributed by atoms with Gasteiger partial charge in [0.1, 0.15) is 0 Å². The molecule has 1 saturated heterocycles. The van der Waals surface area contributed by atoms with Crippen molar-refractivity contribution >= 4 is 53.5 Å². The molecule has 0 radical (unpaired) electrons. The lowest BCUT2D eigenvalue weighted by Gasteiger charge is -2.22. The maximum Gasteiger partial charge on any atom is 0.0655 e. The van der Waals surface area contributed by atoms with Gasteiger partial charge in [-0.25, -0.2) is 0 Å². The van der Waals surface area contributed by atoms with Gasteiger partial charge in [-0.15, -0.1) is 0 Å². The summed E-state index contributed by atoms with van der Waals surface area (Å²) in [4.78, 5) is 2.45. The molecule has 1 unspecified atom stereocenters. The molecule has 0 amide bonds. The Morgan fingerprint density at radius 1 is 1.29 bits per heavy atom. The molecule has 2 rings (SSSR count). The van der Waals surface area contributed by atoms with Crippen LogP contribution >= 0.6 is 47.8 Å². The normalized spacial score (nSPS) is 20.0. The van der Waals surface area contributed by atoms with E-state index in [1.807, 2.05) is 7.05 Å². The van der Waals surface area contributed by atoms with Crippen LogP contribution in [0.2, 0.25) is 0 Å². The van der Waals surface area contributed by atoms with Gasteiger partial charge in [-0.05, 0) is 69.9 Å². The number of nitrogens with zero attached hydrogens (tertiary/aromatic N) is 1. The first kappa shape index (κ1) is 13.8. The molecule has 1 aromatic carbocycles. The quantitative estimate of drug-likeness (QED) is 0.785. The van der Waals surface area contributed by atoms with Crippen molar-refractivity contribution in [1.29, 1.82) is 0 Å². The van der Waals surface area contributed by atoms with Crippen molar-refractivity contribution in [3.05, 3.63) is 25.6 Å². The van der Waals surface area contributed by atoms with Crippen molar-refractivity contribution in [3.8, 4) is 0 Å². The summed E-state index contributed by atoms with van der Waals surface area (Å²) in [7, 11) is 2.02. The van der Waals surface area contributed by atoms with E-state index >= 15 is 0 Å². The molecule has 1 atom stereocenters. The second-order valence-electron chi connectivity index (χ2n) is 4.38. The van der Waals surface area contributed by atoms with E-state index in [9.17, 15) is 0 Å². The zero-order valence-electron chi connectivity index (χ0n) is 9.64. The van der Waals surface area contributed by atoms with Crippen molar-refractivity contribution in [2.24, 2.45) is 5.92 Å².